The Labute approximate surface area is 197 Å². The van der Waals surface area contributed by atoms with Crippen molar-refractivity contribution in [2.45, 2.75) is 26.3 Å². The SMILES string of the molecule is CCOc1ccc(NC(=NC)NCCCN2CCc3ccccc3C2)cc1OC.I. The van der Waals surface area contributed by atoms with Crippen LogP contribution in [-0.2, 0) is 13.0 Å². The highest BCUT2D eigenvalue weighted by atomic mass is 127. The number of rotatable bonds is 8. The maximum absolute atomic E-state index is 5.57. The van der Waals surface area contributed by atoms with Crippen LogP contribution in [0.5, 0.6) is 11.5 Å². The van der Waals surface area contributed by atoms with E-state index < -0.39 is 0 Å². The lowest BCUT2D eigenvalue weighted by atomic mass is 10.00. The fourth-order valence-electron chi connectivity index (χ4n) is 3.59. The number of hydrogen-bond donors (Lipinski definition) is 2. The zero-order valence-corrected chi connectivity index (χ0v) is 20.4. The number of guanidine groups is 1. The summed E-state index contributed by atoms with van der Waals surface area (Å²) in [7, 11) is 3.43. The number of nitrogens with one attached hydrogen (secondary N) is 2. The number of halogens is 1. The van der Waals surface area contributed by atoms with Crippen LogP contribution in [0, 0.1) is 0 Å². The van der Waals surface area contributed by atoms with E-state index in [1.807, 2.05) is 25.1 Å². The second-order valence-electron chi connectivity index (χ2n) is 7.07. The zero-order valence-electron chi connectivity index (χ0n) is 18.1. The fourth-order valence-corrected chi connectivity index (χ4v) is 3.59. The number of anilines is 1. The van der Waals surface area contributed by atoms with E-state index in [4.69, 9.17) is 9.47 Å². The van der Waals surface area contributed by atoms with Gasteiger partial charge in [-0.2, -0.15) is 0 Å². The second kappa shape index (κ2) is 12.6. The summed E-state index contributed by atoms with van der Waals surface area (Å²) in [6.07, 6.45) is 2.21. The highest BCUT2D eigenvalue weighted by Gasteiger charge is 2.15. The van der Waals surface area contributed by atoms with Gasteiger partial charge < -0.3 is 20.1 Å². The van der Waals surface area contributed by atoms with Crippen LogP contribution in [0.15, 0.2) is 47.5 Å². The zero-order chi connectivity index (χ0) is 20.5. The van der Waals surface area contributed by atoms with Gasteiger partial charge in [0.1, 0.15) is 0 Å². The molecule has 7 heteroatoms. The largest absolute Gasteiger partial charge is 0.493 e. The van der Waals surface area contributed by atoms with E-state index >= 15 is 0 Å². The summed E-state index contributed by atoms with van der Waals surface area (Å²) in [6.45, 7) is 6.70. The molecule has 0 spiro atoms. The Morgan fingerprint density at radius 1 is 1.13 bits per heavy atom. The van der Waals surface area contributed by atoms with E-state index in [-0.39, 0.29) is 24.0 Å². The molecule has 1 aliphatic rings. The van der Waals surface area contributed by atoms with Gasteiger partial charge in [0, 0.05) is 45.0 Å². The first-order valence-corrected chi connectivity index (χ1v) is 10.3. The Morgan fingerprint density at radius 2 is 1.93 bits per heavy atom. The van der Waals surface area contributed by atoms with Crippen molar-refractivity contribution in [2.75, 3.05) is 45.7 Å². The third-order valence-electron chi connectivity index (χ3n) is 5.10. The number of methoxy groups -OCH3 is 1. The minimum absolute atomic E-state index is 0. The van der Waals surface area contributed by atoms with Gasteiger partial charge in [-0.25, -0.2) is 0 Å². The summed E-state index contributed by atoms with van der Waals surface area (Å²) in [5.74, 6) is 2.20. The molecule has 2 aromatic carbocycles. The van der Waals surface area contributed by atoms with Crippen molar-refractivity contribution in [1.29, 1.82) is 0 Å². The van der Waals surface area contributed by atoms with Crippen LogP contribution in [-0.4, -0.2) is 51.3 Å². The third kappa shape index (κ3) is 6.77. The van der Waals surface area contributed by atoms with Crippen molar-refractivity contribution < 1.29 is 9.47 Å². The van der Waals surface area contributed by atoms with Crippen LogP contribution in [0.25, 0.3) is 0 Å². The molecule has 0 unspecified atom stereocenters. The number of fused-ring (bicyclic) bond motifs is 1. The number of ether oxygens (including phenoxy) is 2. The average molecular weight is 524 g/mol. The molecule has 0 aliphatic carbocycles. The lowest BCUT2D eigenvalue weighted by molar-refractivity contribution is 0.251. The maximum atomic E-state index is 5.57. The summed E-state index contributed by atoms with van der Waals surface area (Å²) in [5.41, 5.74) is 3.87. The van der Waals surface area contributed by atoms with Gasteiger partial charge in [0.15, 0.2) is 17.5 Å². The van der Waals surface area contributed by atoms with Crippen molar-refractivity contribution in [3.05, 3.63) is 53.6 Å². The van der Waals surface area contributed by atoms with Gasteiger partial charge in [-0.1, -0.05) is 24.3 Å². The summed E-state index contributed by atoms with van der Waals surface area (Å²) in [4.78, 5) is 6.85. The third-order valence-corrected chi connectivity index (χ3v) is 5.10. The standard InChI is InChI=1S/C23H32N4O2.HI/c1-4-29-21-11-10-20(16-22(21)28-3)26-23(24-2)25-13-7-14-27-15-12-18-8-5-6-9-19(18)17-27;/h5-6,8-11,16H,4,7,12-15,17H2,1-3H3,(H2,24,25,26);1H. The molecule has 0 fully saturated rings. The molecule has 164 valence electrons. The summed E-state index contributed by atoms with van der Waals surface area (Å²) in [6, 6.07) is 14.6. The van der Waals surface area contributed by atoms with E-state index in [9.17, 15) is 0 Å². The monoisotopic (exact) mass is 524 g/mol. The molecule has 0 amide bonds. The number of nitrogens with zero attached hydrogens (tertiary/aromatic N) is 2. The summed E-state index contributed by atoms with van der Waals surface area (Å²) in [5, 5.41) is 6.71. The highest BCUT2D eigenvalue weighted by molar-refractivity contribution is 14.0. The Hall–Kier alpha value is -2.00. The van der Waals surface area contributed by atoms with Crippen molar-refractivity contribution in [3.8, 4) is 11.5 Å². The predicted molar refractivity (Wildman–Crippen MR) is 135 cm³/mol. The molecule has 3 rings (SSSR count). The first kappa shape index (κ1) is 24.3. The van der Waals surface area contributed by atoms with Crippen molar-refractivity contribution in [2.24, 2.45) is 4.99 Å². The Kier molecular flexibility index (Phi) is 10.2. The Balaban J connectivity index is 0.00000320. The quantitative estimate of drug-likeness (QED) is 0.235. The Bertz CT molecular complexity index is 829. The van der Waals surface area contributed by atoms with Crippen LogP contribution in [0.3, 0.4) is 0 Å². The molecule has 2 aromatic rings. The topological polar surface area (TPSA) is 58.1 Å². The molecule has 0 bridgehead atoms. The molecule has 0 aromatic heterocycles. The number of benzene rings is 2. The van der Waals surface area contributed by atoms with Gasteiger partial charge in [0.25, 0.3) is 0 Å². The van der Waals surface area contributed by atoms with E-state index in [0.717, 1.165) is 56.4 Å². The molecule has 0 saturated heterocycles. The molecular weight excluding hydrogens is 491 g/mol. The van der Waals surface area contributed by atoms with Crippen LogP contribution < -0.4 is 20.1 Å². The number of hydrogen-bond acceptors (Lipinski definition) is 4. The molecule has 0 atom stereocenters. The fraction of sp³-hybridized carbons (Fsp3) is 0.435. The summed E-state index contributed by atoms with van der Waals surface area (Å²) >= 11 is 0. The lowest BCUT2D eigenvalue weighted by Crippen LogP contribution is -2.35. The smallest absolute Gasteiger partial charge is 0.195 e. The predicted octanol–water partition coefficient (Wildman–Crippen LogP) is 4.15. The van der Waals surface area contributed by atoms with Gasteiger partial charge in [-0.05, 0) is 43.0 Å². The van der Waals surface area contributed by atoms with Gasteiger partial charge >= 0.3 is 0 Å². The van der Waals surface area contributed by atoms with Gasteiger partial charge in [0.05, 0.1) is 13.7 Å². The molecule has 1 heterocycles. The number of aliphatic imine (C=N–C) groups is 1. The van der Waals surface area contributed by atoms with Crippen LogP contribution in [0.2, 0.25) is 0 Å². The van der Waals surface area contributed by atoms with E-state index in [1.165, 1.54) is 11.1 Å². The van der Waals surface area contributed by atoms with Crippen LogP contribution in [0.1, 0.15) is 24.5 Å². The molecular formula is C23H33IN4O2. The van der Waals surface area contributed by atoms with E-state index in [1.54, 1.807) is 14.2 Å². The molecule has 30 heavy (non-hydrogen) atoms. The van der Waals surface area contributed by atoms with Crippen molar-refractivity contribution >= 4 is 35.6 Å². The van der Waals surface area contributed by atoms with Crippen molar-refractivity contribution in [3.63, 3.8) is 0 Å². The van der Waals surface area contributed by atoms with Gasteiger partial charge in [-0.15, -0.1) is 24.0 Å². The van der Waals surface area contributed by atoms with Gasteiger partial charge in [-0.3, -0.25) is 9.89 Å². The molecule has 1 aliphatic heterocycles. The minimum atomic E-state index is 0. The van der Waals surface area contributed by atoms with E-state index in [0.29, 0.717) is 12.4 Å². The molecule has 2 N–H and O–H groups in total. The molecule has 0 saturated carbocycles. The minimum Gasteiger partial charge on any atom is -0.493 e. The second-order valence-corrected chi connectivity index (χ2v) is 7.07. The average Bonchev–Trinajstić information content (AvgIpc) is 2.76. The first-order chi connectivity index (χ1) is 14.2. The maximum Gasteiger partial charge on any atom is 0.195 e. The van der Waals surface area contributed by atoms with E-state index in [2.05, 4.69) is 44.8 Å². The van der Waals surface area contributed by atoms with Crippen LogP contribution in [0.4, 0.5) is 5.69 Å². The summed E-state index contributed by atoms with van der Waals surface area (Å²) < 4.78 is 11.0. The normalized spacial score (nSPS) is 13.8. The molecule has 0 radical (unpaired) electrons. The van der Waals surface area contributed by atoms with Crippen molar-refractivity contribution in [1.82, 2.24) is 10.2 Å². The Morgan fingerprint density at radius 3 is 2.67 bits per heavy atom. The van der Waals surface area contributed by atoms with Gasteiger partial charge in [0.2, 0.25) is 0 Å². The highest BCUT2D eigenvalue weighted by Crippen LogP contribution is 2.30. The van der Waals surface area contributed by atoms with Crippen LogP contribution >= 0.6 is 24.0 Å². The molecule has 6 nitrogen and oxygen atoms in total. The lowest BCUT2D eigenvalue weighted by Gasteiger charge is -2.28. The first-order valence-electron chi connectivity index (χ1n) is 10.3.